The number of hydrogen-bond donors (Lipinski definition) is 1. The summed E-state index contributed by atoms with van der Waals surface area (Å²) in [5.74, 6) is 4.21. The Hall–Kier alpha value is -2.28. The molecule has 1 aliphatic carbocycles. The Balaban J connectivity index is 1.51. The van der Waals surface area contributed by atoms with Gasteiger partial charge in [0.2, 0.25) is 5.78 Å². The molecule has 1 aromatic rings. The molecule has 2 heterocycles. The second-order valence-corrected chi connectivity index (χ2v) is 9.80. The molecular formula is C29H37FO7. The highest BCUT2D eigenvalue weighted by Gasteiger charge is 2.42. The van der Waals surface area contributed by atoms with Crippen LogP contribution in [0.2, 0.25) is 0 Å². The number of para-hydroxylation sites is 1. The van der Waals surface area contributed by atoms with Gasteiger partial charge in [0.1, 0.15) is 12.7 Å². The highest BCUT2D eigenvalue weighted by atomic mass is 19.1. The van der Waals surface area contributed by atoms with Crippen molar-refractivity contribution >= 4 is 5.78 Å². The molecule has 4 rings (SSSR count). The average Bonchev–Trinajstić information content (AvgIpc) is 3.19. The quantitative estimate of drug-likeness (QED) is 0.300. The van der Waals surface area contributed by atoms with Gasteiger partial charge in [-0.05, 0) is 56.6 Å². The number of ether oxygens (including phenoxy) is 5. The van der Waals surface area contributed by atoms with Crippen molar-refractivity contribution in [2.45, 2.75) is 82.8 Å². The molecule has 7 atom stereocenters. The number of rotatable bonds is 9. The second kappa shape index (κ2) is 14.0. The molecule has 0 bridgehead atoms. The van der Waals surface area contributed by atoms with E-state index in [-0.39, 0.29) is 42.7 Å². The standard InChI is InChI=1S/C29H37FO7/c1-20(31)12-14-22-23(27(18-25(22)32)37-29-11-5-7-17-34-29)15-13-21(36-28-10-4-6-16-33-28)19-35-26-9-3-2-8-24(26)30/h2-3,8-9,13,15,21-23,25,27-29,32H,4-7,10-11,16-19H2,1H3. The third-order valence-corrected chi connectivity index (χ3v) is 6.86. The summed E-state index contributed by atoms with van der Waals surface area (Å²) < 4.78 is 43.9. The van der Waals surface area contributed by atoms with E-state index in [2.05, 4.69) is 11.8 Å². The third-order valence-electron chi connectivity index (χ3n) is 6.86. The molecule has 0 radical (unpaired) electrons. The molecule has 2 saturated heterocycles. The van der Waals surface area contributed by atoms with Gasteiger partial charge in [-0.3, -0.25) is 4.79 Å². The van der Waals surface area contributed by atoms with E-state index in [1.807, 2.05) is 12.2 Å². The van der Waals surface area contributed by atoms with Crippen molar-refractivity contribution in [2.75, 3.05) is 19.8 Å². The molecule has 3 fully saturated rings. The second-order valence-electron chi connectivity index (χ2n) is 9.80. The highest BCUT2D eigenvalue weighted by Crippen LogP contribution is 2.37. The van der Waals surface area contributed by atoms with Crippen LogP contribution in [0.15, 0.2) is 36.4 Å². The Labute approximate surface area is 218 Å². The maximum atomic E-state index is 14.1. The number of hydrogen-bond acceptors (Lipinski definition) is 7. The lowest BCUT2D eigenvalue weighted by Crippen LogP contribution is -2.32. The summed E-state index contributed by atoms with van der Waals surface area (Å²) in [6.07, 6.45) is 7.43. The Bertz CT molecular complexity index is 958. The van der Waals surface area contributed by atoms with Gasteiger partial charge in [0.05, 0.1) is 18.1 Å². The molecule has 0 spiro atoms. The van der Waals surface area contributed by atoms with Gasteiger partial charge in [-0.25, -0.2) is 4.39 Å². The Kier molecular flexibility index (Phi) is 10.5. The largest absolute Gasteiger partial charge is 0.487 e. The van der Waals surface area contributed by atoms with Gasteiger partial charge in [0.25, 0.3) is 0 Å². The van der Waals surface area contributed by atoms with Crippen molar-refractivity contribution < 1.29 is 38.0 Å². The number of benzene rings is 1. The molecule has 1 N–H and O–H groups in total. The fourth-order valence-corrected chi connectivity index (χ4v) is 4.95. The summed E-state index contributed by atoms with van der Waals surface area (Å²) >= 11 is 0. The lowest BCUT2D eigenvalue weighted by atomic mass is 9.93. The van der Waals surface area contributed by atoms with Crippen molar-refractivity contribution in [1.29, 1.82) is 0 Å². The lowest BCUT2D eigenvalue weighted by molar-refractivity contribution is -0.193. The minimum atomic E-state index is -0.745. The number of aliphatic hydroxyl groups excluding tert-OH is 1. The molecule has 0 aromatic heterocycles. The van der Waals surface area contributed by atoms with Gasteiger partial charge in [-0.1, -0.05) is 30.2 Å². The van der Waals surface area contributed by atoms with Gasteiger partial charge in [0, 0.05) is 32.5 Å². The third kappa shape index (κ3) is 8.36. The van der Waals surface area contributed by atoms with E-state index in [1.54, 1.807) is 18.2 Å². The first kappa shape index (κ1) is 27.7. The number of ketones is 1. The fraction of sp³-hybridized carbons (Fsp3) is 0.621. The van der Waals surface area contributed by atoms with Crippen LogP contribution in [0.4, 0.5) is 4.39 Å². The molecule has 0 amide bonds. The van der Waals surface area contributed by atoms with Gasteiger partial charge in [-0.15, -0.1) is 0 Å². The highest BCUT2D eigenvalue weighted by molar-refractivity contribution is 5.93. The van der Waals surface area contributed by atoms with Crippen molar-refractivity contribution in [3.63, 3.8) is 0 Å². The van der Waals surface area contributed by atoms with E-state index in [0.717, 1.165) is 38.5 Å². The van der Waals surface area contributed by atoms with Gasteiger partial charge >= 0.3 is 0 Å². The zero-order valence-electron chi connectivity index (χ0n) is 21.4. The van der Waals surface area contributed by atoms with E-state index in [9.17, 15) is 14.3 Å². The zero-order valence-corrected chi connectivity index (χ0v) is 21.4. The fourth-order valence-electron chi connectivity index (χ4n) is 4.95. The van der Waals surface area contributed by atoms with Crippen LogP contribution in [0.3, 0.4) is 0 Å². The summed E-state index contributed by atoms with van der Waals surface area (Å²) in [5.41, 5.74) is 0. The number of aliphatic hydroxyl groups is 1. The van der Waals surface area contributed by atoms with Gasteiger partial charge < -0.3 is 28.8 Å². The summed E-state index contributed by atoms with van der Waals surface area (Å²) in [7, 11) is 0. The minimum Gasteiger partial charge on any atom is -0.487 e. The van der Waals surface area contributed by atoms with Crippen molar-refractivity contribution in [1.82, 2.24) is 0 Å². The monoisotopic (exact) mass is 516 g/mol. The van der Waals surface area contributed by atoms with Crippen LogP contribution >= 0.6 is 0 Å². The predicted octanol–water partition coefficient (Wildman–Crippen LogP) is 4.17. The number of halogens is 1. The van der Waals surface area contributed by atoms with Gasteiger partial charge in [0.15, 0.2) is 24.1 Å². The first-order valence-electron chi connectivity index (χ1n) is 13.3. The van der Waals surface area contributed by atoms with E-state index in [4.69, 9.17) is 23.7 Å². The Morgan fingerprint density at radius 2 is 1.89 bits per heavy atom. The van der Waals surface area contributed by atoms with E-state index in [1.165, 1.54) is 13.0 Å². The smallest absolute Gasteiger partial charge is 0.202 e. The van der Waals surface area contributed by atoms with Crippen LogP contribution in [0.1, 0.15) is 51.9 Å². The van der Waals surface area contributed by atoms with Crippen molar-refractivity contribution in [3.8, 4) is 17.6 Å². The van der Waals surface area contributed by atoms with E-state index < -0.39 is 23.9 Å². The topological polar surface area (TPSA) is 83.5 Å². The summed E-state index contributed by atoms with van der Waals surface area (Å²) in [6, 6.07) is 6.23. The summed E-state index contributed by atoms with van der Waals surface area (Å²) in [6.45, 7) is 2.76. The molecule has 1 aromatic carbocycles. The first-order valence-corrected chi connectivity index (χ1v) is 13.3. The normalized spacial score (nSPS) is 31.0. The molecular weight excluding hydrogens is 479 g/mol. The molecule has 7 unspecified atom stereocenters. The number of carbonyl (C=O) groups excluding carboxylic acids is 1. The average molecular weight is 517 g/mol. The summed E-state index contributed by atoms with van der Waals surface area (Å²) in [4.78, 5) is 11.5. The van der Waals surface area contributed by atoms with Crippen molar-refractivity contribution in [3.05, 3.63) is 42.2 Å². The first-order chi connectivity index (χ1) is 18.0. The Morgan fingerprint density at radius 1 is 1.16 bits per heavy atom. The SMILES string of the molecule is CC(=O)C#CC1C(O)CC(OC2CCCCO2)C1C=CC(COc1ccccc1F)OC1CCCCO1. The maximum absolute atomic E-state index is 14.1. The Morgan fingerprint density at radius 3 is 2.57 bits per heavy atom. The van der Waals surface area contributed by atoms with Crippen molar-refractivity contribution in [2.24, 2.45) is 11.8 Å². The van der Waals surface area contributed by atoms with E-state index >= 15 is 0 Å². The van der Waals surface area contributed by atoms with Crippen LogP contribution in [-0.4, -0.2) is 61.6 Å². The maximum Gasteiger partial charge on any atom is 0.202 e. The number of carbonyl (C=O) groups is 1. The molecule has 1 saturated carbocycles. The van der Waals surface area contributed by atoms with Crippen LogP contribution in [0.25, 0.3) is 0 Å². The van der Waals surface area contributed by atoms with Crippen LogP contribution in [-0.2, 0) is 23.7 Å². The lowest BCUT2D eigenvalue weighted by Gasteiger charge is -2.29. The van der Waals surface area contributed by atoms with Crippen LogP contribution in [0.5, 0.6) is 5.75 Å². The summed E-state index contributed by atoms with van der Waals surface area (Å²) in [5, 5.41) is 10.8. The minimum absolute atomic E-state index is 0.0770. The molecule has 8 heteroatoms. The molecule has 37 heavy (non-hydrogen) atoms. The van der Waals surface area contributed by atoms with Gasteiger partial charge in [-0.2, -0.15) is 0 Å². The van der Waals surface area contributed by atoms with Crippen LogP contribution < -0.4 is 4.74 Å². The zero-order chi connectivity index (χ0) is 26.0. The van der Waals surface area contributed by atoms with E-state index in [0.29, 0.717) is 19.6 Å². The molecule has 7 nitrogen and oxygen atoms in total. The van der Waals surface area contributed by atoms with Crippen LogP contribution in [0, 0.1) is 29.5 Å². The molecule has 3 aliphatic rings. The predicted molar refractivity (Wildman–Crippen MR) is 134 cm³/mol. The number of Topliss-reactive ketones (excluding diaryl/α,β-unsaturated/α-hetero) is 1. The molecule has 202 valence electrons. The molecule has 2 aliphatic heterocycles.